The van der Waals surface area contributed by atoms with Gasteiger partial charge in [-0.25, -0.2) is 0 Å². The fourth-order valence-corrected chi connectivity index (χ4v) is 2.57. The summed E-state index contributed by atoms with van der Waals surface area (Å²) in [6.45, 7) is 8.83. The van der Waals surface area contributed by atoms with E-state index in [-0.39, 0.29) is 27.4 Å². The molecular formula is C25H28F6N4P2Ru. The molecule has 2 aromatic carbocycles. The van der Waals surface area contributed by atoms with E-state index < -0.39 is 7.81 Å². The number of rotatable bonds is 2. The van der Waals surface area contributed by atoms with Crippen molar-refractivity contribution in [2.45, 2.75) is 20.8 Å². The standard InChI is InChI=1S/C11H8N.C8H11P.3C2H3N.F6P.Ru/c1-2-6-10(7-3-1)11-8-4-5-9-12-11;1-9(2)8-6-4-3-5-7-8;3*1-2-3;1-7(2,3,4,5)6;/h1-6,8-9H;3-7H,1-2H3;3*1H3;;/q-1;;;;;-1;+2. The van der Waals surface area contributed by atoms with Gasteiger partial charge in [-0.2, -0.15) is 15.8 Å². The molecule has 0 radical (unpaired) electrons. The molecule has 208 valence electrons. The van der Waals surface area contributed by atoms with Crippen molar-refractivity contribution in [1.29, 1.82) is 15.8 Å². The van der Waals surface area contributed by atoms with Crippen LogP contribution >= 0.6 is 15.7 Å². The van der Waals surface area contributed by atoms with Crippen LogP contribution in [0.25, 0.3) is 11.3 Å². The maximum atomic E-state index is 9.87. The van der Waals surface area contributed by atoms with Gasteiger partial charge in [0.25, 0.3) is 0 Å². The molecule has 0 saturated carbocycles. The van der Waals surface area contributed by atoms with Crippen LogP contribution in [-0.2, 0) is 19.5 Å². The third kappa shape index (κ3) is 40.3. The first kappa shape index (κ1) is 42.2. The predicted octanol–water partition coefficient (Wildman–Crippen LogP) is 9.57. The minimum absolute atomic E-state index is 0. The monoisotopic (exact) mass is 662 g/mol. The number of pyridine rings is 1. The third-order valence-electron chi connectivity index (χ3n) is 2.92. The summed E-state index contributed by atoms with van der Waals surface area (Å²) in [5.74, 6) is 0. The third-order valence-corrected chi connectivity index (χ3v) is 4.25. The average molecular weight is 662 g/mol. The zero-order chi connectivity index (χ0) is 29.4. The van der Waals surface area contributed by atoms with Crippen LogP contribution in [-0.4, -0.2) is 18.3 Å². The first-order valence-electron chi connectivity index (χ1n) is 10.1. The van der Waals surface area contributed by atoms with Gasteiger partial charge in [0.05, 0.1) is 18.2 Å². The van der Waals surface area contributed by atoms with E-state index in [1.807, 2.05) is 42.5 Å². The molecule has 0 fully saturated rings. The van der Waals surface area contributed by atoms with Crippen LogP contribution in [0.2, 0.25) is 0 Å². The minimum atomic E-state index is -10.7. The number of hydrogen-bond donors (Lipinski definition) is 0. The molecule has 0 atom stereocenters. The summed E-state index contributed by atoms with van der Waals surface area (Å²) < 4.78 is 59.2. The molecule has 38 heavy (non-hydrogen) atoms. The van der Waals surface area contributed by atoms with Crippen molar-refractivity contribution in [3.8, 4) is 29.5 Å². The van der Waals surface area contributed by atoms with E-state index in [4.69, 9.17) is 15.8 Å². The van der Waals surface area contributed by atoms with Gasteiger partial charge in [-0.1, -0.05) is 50.4 Å². The SMILES string of the molecule is CC#N.CC#N.CC#N.CP(C)c1ccccc1.F[P-](F)(F)(F)(F)F.[Ru+2].[c-]1ccccc1-c1ccccn1. The van der Waals surface area contributed by atoms with Gasteiger partial charge in [0.15, 0.2) is 0 Å². The number of nitriles is 3. The summed E-state index contributed by atoms with van der Waals surface area (Å²) in [5.41, 5.74) is 2.01. The Labute approximate surface area is 234 Å². The summed E-state index contributed by atoms with van der Waals surface area (Å²) in [4.78, 5) is 4.22. The van der Waals surface area contributed by atoms with Crippen molar-refractivity contribution in [1.82, 2.24) is 4.98 Å². The summed E-state index contributed by atoms with van der Waals surface area (Å²) in [7, 11) is -10.6. The first-order chi connectivity index (χ1) is 17.0. The molecule has 0 unspecified atom stereocenters. The Balaban J connectivity index is -0.000000200. The zero-order valence-electron chi connectivity index (χ0n) is 21.3. The molecular weight excluding hydrogens is 633 g/mol. The Bertz CT molecular complexity index is 1020. The summed E-state index contributed by atoms with van der Waals surface area (Å²) in [6, 6.07) is 32.7. The van der Waals surface area contributed by atoms with Crippen LogP contribution in [0.1, 0.15) is 20.8 Å². The first-order valence-corrected chi connectivity index (χ1v) is 14.3. The van der Waals surface area contributed by atoms with Crippen molar-refractivity contribution < 1.29 is 44.7 Å². The van der Waals surface area contributed by atoms with Gasteiger partial charge in [-0.15, -0.1) is 35.9 Å². The topological polar surface area (TPSA) is 84.3 Å². The summed E-state index contributed by atoms with van der Waals surface area (Å²) >= 11 is 0. The largest absolute Gasteiger partial charge is 2.00 e. The van der Waals surface area contributed by atoms with E-state index in [1.165, 1.54) is 26.1 Å². The molecule has 0 aliphatic heterocycles. The summed E-state index contributed by atoms with van der Waals surface area (Å²) in [6.07, 6.45) is 1.79. The smallest absolute Gasteiger partial charge is 0.305 e. The molecule has 1 heterocycles. The Morgan fingerprint density at radius 3 is 1.39 bits per heavy atom. The second-order valence-corrected chi connectivity index (χ2v) is 10.6. The molecule has 0 bridgehead atoms. The molecule has 0 aliphatic carbocycles. The fourth-order valence-electron chi connectivity index (χ4n) is 1.80. The molecule has 0 spiro atoms. The molecule has 4 nitrogen and oxygen atoms in total. The molecule has 0 amide bonds. The Morgan fingerprint density at radius 1 is 0.711 bits per heavy atom. The van der Waals surface area contributed by atoms with E-state index in [0.717, 1.165) is 11.3 Å². The predicted molar refractivity (Wildman–Crippen MR) is 141 cm³/mol. The van der Waals surface area contributed by atoms with Crippen LogP contribution in [0.3, 0.4) is 0 Å². The molecule has 0 N–H and O–H groups in total. The van der Waals surface area contributed by atoms with E-state index in [1.54, 1.807) is 24.4 Å². The van der Waals surface area contributed by atoms with Gasteiger partial charge < -0.3 is 4.98 Å². The van der Waals surface area contributed by atoms with Crippen LogP contribution in [0.5, 0.6) is 0 Å². The number of aromatic nitrogens is 1. The van der Waals surface area contributed by atoms with E-state index in [2.05, 4.69) is 54.7 Å². The van der Waals surface area contributed by atoms with Gasteiger partial charge in [0.1, 0.15) is 0 Å². The normalized spacial score (nSPS) is 10.3. The maximum absolute atomic E-state index is 10.7. The summed E-state index contributed by atoms with van der Waals surface area (Å²) in [5, 5.41) is 23.4. The van der Waals surface area contributed by atoms with Crippen molar-refractivity contribution >= 4 is 21.0 Å². The van der Waals surface area contributed by atoms with E-state index >= 15 is 0 Å². The zero-order valence-corrected chi connectivity index (χ0v) is 24.8. The van der Waals surface area contributed by atoms with Crippen molar-refractivity contribution in [3.05, 3.63) is 85.1 Å². The van der Waals surface area contributed by atoms with Crippen LogP contribution < -0.4 is 5.30 Å². The molecule has 0 aliphatic rings. The van der Waals surface area contributed by atoms with Gasteiger partial charge in [0, 0.05) is 27.0 Å². The molecule has 1 aromatic heterocycles. The number of hydrogen-bond acceptors (Lipinski definition) is 4. The Morgan fingerprint density at radius 2 is 1.11 bits per heavy atom. The second-order valence-electron chi connectivity index (χ2n) is 6.35. The molecule has 3 aromatic rings. The van der Waals surface area contributed by atoms with Crippen molar-refractivity contribution in [3.63, 3.8) is 0 Å². The van der Waals surface area contributed by atoms with Gasteiger partial charge >= 0.3 is 52.5 Å². The molecule has 0 saturated heterocycles. The minimum Gasteiger partial charge on any atom is -0.305 e. The number of benzene rings is 2. The number of nitrogens with zero attached hydrogens (tertiary/aromatic N) is 4. The Hall–Kier alpha value is -2.88. The van der Waals surface area contributed by atoms with Crippen LogP contribution in [0.4, 0.5) is 25.2 Å². The maximum Gasteiger partial charge on any atom is 2.00 e. The second kappa shape index (κ2) is 21.1. The van der Waals surface area contributed by atoms with Crippen molar-refractivity contribution in [2.75, 3.05) is 13.3 Å². The van der Waals surface area contributed by atoms with Crippen LogP contribution in [0, 0.1) is 40.1 Å². The molecule has 13 heteroatoms. The quantitative estimate of drug-likeness (QED) is 0.119. The van der Waals surface area contributed by atoms with E-state index in [0.29, 0.717) is 0 Å². The average Bonchev–Trinajstić information content (AvgIpc) is 2.81. The van der Waals surface area contributed by atoms with Gasteiger partial charge in [0.2, 0.25) is 0 Å². The fraction of sp³-hybridized carbons (Fsp3) is 0.200. The Kier molecular flexibility index (Phi) is 23.4. The van der Waals surface area contributed by atoms with Crippen LogP contribution in [0.15, 0.2) is 79.0 Å². The van der Waals surface area contributed by atoms with Gasteiger partial charge in [-0.05, 0) is 30.4 Å². The molecule has 3 rings (SSSR count). The van der Waals surface area contributed by atoms with Crippen molar-refractivity contribution in [2.24, 2.45) is 0 Å². The van der Waals surface area contributed by atoms with E-state index in [9.17, 15) is 25.2 Å². The van der Waals surface area contributed by atoms with Gasteiger partial charge in [-0.3, -0.25) is 0 Å². The number of halogens is 6.